The Kier molecular flexibility index (Phi) is 3.85. The van der Waals surface area contributed by atoms with E-state index in [4.69, 9.17) is 11.6 Å². The lowest BCUT2D eigenvalue weighted by molar-refractivity contribution is 0.586. The van der Waals surface area contributed by atoms with Crippen molar-refractivity contribution in [2.45, 2.75) is 12.8 Å². The van der Waals surface area contributed by atoms with E-state index in [9.17, 15) is 5.26 Å². The smallest absolute Gasteiger partial charge is 0.101 e. The summed E-state index contributed by atoms with van der Waals surface area (Å²) in [6, 6.07) is 7.72. The molecule has 1 aromatic heterocycles. The molecule has 21 heavy (non-hydrogen) atoms. The summed E-state index contributed by atoms with van der Waals surface area (Å²) < 4.78 is 1.84. The molecule has 2 heterocycles. The van der Waals surface area contributed by atoms with Crippen molar-refractivity contribution in [1.29, 1.82) is 5.26 Å². The minimum absolute atomic E-state index is 0.597. The highest BCUT2D eigenvalue weighted by Crippen LogP contribution is 2.30. The highest BCUT2D eigenvalue weighted by atomic mass is 35.5. The van der Waals surface area contributed by atoms with Crippen LogP contribution >= 0.6 is 11.6 Å². The second kappa shape index (κ2) is 5.79. The van der Waals surface area contributed by atoms with Crippen molar-refractivity contribution in [2.24, 2.45) is 13.0 Å². The first-order chi connectivity index (χ1) is 10.2. The average molecular weight is 301 g/mol. The molecule has 0 saturated carbocycles. The molecule has 5 heteroatoms. The van der Waals surface area contributed by atoms with Crippen molar-refractivity contribution in [3.63, 3.8) is 0 Å². The number of aromatic nitrogens is 2. The largest absolute Gasteiger partial charge is 0.370 e. The maximum atomic E-state index is 9.24. The molecule has 108 valence electrons. The number of rotatable bonds is 3. The highest BCUT2D eigenvalue weighted by Gasteiger charge is 2.25. The number of aryl methyl sites for hydroxylation is 1. The number of nitriles is 1. The fourth-order valence-electron chi connectivity index (χ4n) is 2.99. The van der Waals surface area contributed by atoms with Crippen LogP contribution in [0.25, 0.3) is 0 Å². The van der Waals surface area contributed by atoms with E-state index in [0.29, 0.717) is 16.5 Å². The van der Waals surface area contributed by atoms with Crippen LogP contribution in [0.1, 0.15) is 17.5 Å². The zero-order valence-electron chi connectivity index (χ0n) is 12.0. The Hall–Kier alpha value is -1.99. The van der Waals surface area contributed by atoms with Crippen LogP contribution in [0.5, 0.6) is 0 Å². The molecule has 0 aliphatic carbocycles. The molecule has 0 N–H and O–H groups in total. The quantitative estimate of drug-likeness (QED) is 0.875. The number of hydrogen-bond donors (Lipinski definition) is 0. The molecule has 1 aromatic carbocycles. The van der Waals surface area contributed by atoms with Crippen molar-refractivity contribution in [3.05, 3.63) is 46.7 Å². The molecule has 2 aromatic rings. The summed E-state index contributed by atoms with van der Waals surface area (Å²) in [6.07, 6.45) is 6.17. The second-order valence-electron chi connectivity index (χ2n) is 5.60. The summed E-state index contributed by atoms with van der Waals surface area (Å²) in [4.78, 5) is 2.27. The lowest BCUT2D eigenvalue weighted by Crippen LogP contribution is -2.21. The summed E-state index contributed by atoms with van der Waals surface area (Å²) in [5.41, 5.74) is 2.93. The van der Waals surface area contributed by atoms with Crippen LogP contribution in [0.3, 0.4) is 0 Å². The topological polar surface area (TPSA) is 44.9 Å². The number of halogens is 1. The second-order valence-corrected chi connectivity index (χ2v) is 6.04. The monoisotopic (exact) mass is 300 g/mol. The van der Waals surface area contributed by atoms with Gasteiger partial charge in [-0.15, -0.1) is 0 Å². The van der Waals surface area contributed by atoms with Crippen molar-refractivity contribution in [1.82, 2.24) is 9.78 Å². The molecule has 4 nitrogen and oxygen atoms in total. The van der Waals surface area contributed by atoms with E-state index in [2.05, 4.69) is 22.3 Å². The van der Waals surface area contributed by atoms with Gasteiger partial charge in [0.05, 0.1) is 17.4 Å². The first-order valence-corrected chi connectivity index (χ1v) is 7.45. The standard InChI is InChI=1S/C16H17ClN4/c1-20-10-13(9-19-20)6-12-4-5-21(11-12)16-7-15(17)3-2-14(16)8-18/h2-3,7,9-10,12H,4-6,11H2,1H3. The molecular weight excluding hydrogens is 284 g/mol. The molecule has 1 fully saturated rings. The van der Waals surface area contributed by atoms with Gasteiger partial charge < -0.3 is 4.90 Å². The first-order valence-electron chi connectivity index (χ1n) is 7.08. The van der Waals surface area contributed by atoms with Gasteiger partial charge in [-0.2, -0.15) is 10.4 Å². The summed E-state index contributed by atoms with van der Waals surface area (Å²) in [7, 11) is 1.94. The Balaban J connectivity index is 1.72. The Morgan fingerprint density at radius 2 is 2.33 bits per heavy atom. The number of benzene rings is 1. The Bertz CT molecular complexity index is 686. The van der Waals surface area contributed by atoms with E-state index in [0.717, 1.165) is 31.6 Å². The molecule has 0 bridgehead atoms. The molecule has 1 aliphatic heterocycles. The maximum absolute atomic E-state index is 9.24. The van der Waals surface area contributed by atoms with Gasteiger partial charge in [-0.05, 0) is 42.5 Å². The van der Waals surface area contributed by atoms with Gasteiger partial charge in [-0.25, -0.2) is 0 Å². The van der Waals surface area contributed by atoms with Crippen LogP contribution in [0.2, 0.25) is 5.02 Å². The van der Waals surface area contributed by atoms with Gasteiger partial charge >= 0.3 is 0 Å². The van der Waals surface area contributed by atoms with Crippen LogP contribution in [0, 0.1) is 17.2 Å². The molecule has 1 atom stereocenters. The van der Waals surface area contributed by atoms with Crippen LogP contribution < -0.4 is 4.90 Å². The van der Waals surface area contributed by atoms with E-state index in [1.165, 1.54) is 5.56 Å². The normalized spacial score (nSPS) is 18.0. The molecule has 0 spiro atoms. The van der Waals surface area contributed by atoms with Crippen LogP contribution in [0.15, 0.2) is 30.6 Å². The number of nitrogens with zero attached hydrogens (tertiary/aromatic N) is 4. The maximum Gasteiger partial charge on any atom is 0.101 e. The third kappa shape index (κ3) is 3.03. The minimum atomic E-state index is 0.597. The van der Waals surface area contributed by atoms with E-state index in [-0.39, 0.29) is 0 Å². The van der Waals surface area contributed by atoms with Crippen molar-refractivity contribution in [2.75, 3.05) is 18.0 Å². The molecule has 3 rings (SSSR count). The van der Waals surface area contributed by atoms with E-state index >= 15 is 0 Å². The number of anilines is 1. The van der Waals surface area contributed by atoms with Crippen LogP contribution in [-0.2, 0) is 13.5 Å². The van der Waals surface area contributed by atoms with Crippen molar-refractivity contribution < 1.29 is 0 Å². The molecule has 0 radical (unpaired) electrons. The molecule has 0 amide bonds. The summed E-state index contributed by atoms with van der Waals surface area (Å²) in [5.74, 6) is 0.597. The van der Waals surface area contributed by atoms with E-state index < -0.39 is 0 Å². The van der Waals surface area contributed by atoms with Crippen molar-refractivity contribution in [3.8, 4) is 6.07 Å². The van der Waals surface area contributed by atoms with Crippen LogP contribution in [0.4, 0.5) is 5.69 Å². The zero-order chi connectivity index (χ0) is 14.8. The SMILES string of the molecule is Cn1cc(CC2CCN(c3cc(Cl)ccc3C#N)C2)cn1. The predicted octanol–water partition coefficient (Wildman–Crippen LogP) is 3.01. The third-order valence-electron chi connectivity index (χ3n) is 3.99. The lowest BCUT2D eigenvalue weighted by Gasteiger charge is -2.20. The number of hydrogen-bond acceptors (Lipinski definition) is 3. The summed E-state index contributed by atoms with van der Waals surface area (Å²) in [5, 5.41) is 14.1. The fourth-order valence-corrected chi connectivity index (χ4v) is 3.16. The highest BCUT2D eigenvalue weighted by molar-refractivity contribution is 6.30. The van der Waals surface area contributed by atoms with Gasteiger partial charge in [0.2, 0.25) is 0 Å². The lowest BCUT2D eigenvalue weighted by atomic mass is 10.0. The Morgan fingerprint density at radius 3 is 3.05 bits per heavy atom. The average Bonchev–Trinajstić information content (AvgIpc) is 3.08. The summed E-state index contributed by atoms with van der Waals surface area (Å²) >= 11 is 6.07. The Morgan fingerprint density at radius 1 is 1.48 bits per heavy atom. The van der Waals surface area contributed by atoms with Crippen molar-refractivity contribution >= 4 is 17.3 Å². The van der Waals surface area contributed by atoms with Gasteiger partial charge in [0.1, 0.15) is 6.07 Å². The molecule has 1 unspecified atom stereocenters. The van der Waals surface area contributed by atoms with E-state index in [1.807, 2.05) is 24.0 Å². The van der Waals surface area contributed by atoms with Gasteiger partial charge in [0.15, 0.2) is 0 Å². The molecule has 1 saturated heterocycles. The van der Waals surface area contributed by atoms with Gasteiger partial charge in [-0.1, -0.05) is 11.6 Å². The zero-order valence-corrected chi connectivity index (χ0v) is 12.7. The predicted molar refractivity (Wildman–Crippen MR) is 83.4 cm³/mol. The molecular formula is C16H17ClN4. The summed E-state index contributed by atoms with van der Waals surface area (Å²) in [6.45, 7) is 1.93. The minimum Gasteiger partial charge on any atom is -0.370 e. The Labute approximate surface area is 129 Å². The van der Waals surface area contributed by atoms with Gasteiger partial charge in [0, 0.05) is 31.4 Å². The van der Waals surface area contributed by atoms with E-state index in [1.54, 1.807) is 12.1 Å². The van der Waals surface area contributed by atoms with Crippen LogP contribution in [-0.4, -0.2) is 22.9 Å². The fraction of sp³-hybridized carbons (Fsp3) is 0.375. The third-order valence-corrected chi connectivity index (χ3v) is 4.22. The van der Waals surface area contributed by atoms with Gasteiger partial charge in [0.25, 0.3) is 0 Å². The molecule has 1 aliphatic rings. The van der Waals surface area contributed by atoms with Gasteiger partial charge in [-0.3, -0.25) is 4.68 Å². The first kappa shape index (κ1) is 14.0.